The predicted molar refractivity (Wildman–Crippen MR) is 57.8 cm³/mol. The maximum Gasteiger partial charge on any atom is 0.311 e. The lowest BCUT2D eigenvalue weighted by molar-refractivity contribution is -0.161. The lowest BCUT2D eigenvalue weighted by Gasteiger charge is -2.50. The van der Waals surface area contributed by atoms with Crippen molar-refractivity contribution < 1.29 is 9.90 Å². The third-order valence-electron chi connectivity index (χ3n) is 3.82. The van der Waals surface area contributed by atoms with Crippen LogP contribution in [0.1, 0.15) is 19.8 Å². The van der Waals surface area contributed by atoms with E-state index < -0.39 is 11.4 Å². The smallest absolute Gasteiger partial charge is 0.311 e. The number of carbonyl (C=O) groups is 1. The Hall–Kier alpha value is -0.610. The second-order valence-corrected chi connectivity index (χ2v) is 5.31. The van der Waals surface area contributed by atoms with Gasteiger partial charge in [-0.15, -0.1) is 0 Å². The van der Waals surface area contributed by atoms with Crippen molar-refractivity contribution in [2.45, 2.75) is 25.8 Å². The first-order chi connectivity index (χ1) is 7.01. The van der Waals surface area contributed by atoms with E-state index in [1.165, 1.54) is 12.8 Å². The van der Waals surface area contributed by atoms with Crippen molar-refractivity contribution in [3.05, 3.63) is 0 Å². The monoisotopic (exact) mass is 212 g/mol. The van der Waals surface area contributed by atoms with E-state index >= 15 is 0 Å². The Morgan fingerprint density at radius 1 is 1.33 bits per heavy atom. The summed E-state index contributed by atoms with van der Waals surface area (Å²) in [6, 6.07) is 0.619. The van der Waals surface area contributed by atoms with Gasteiger partial charge in [0.15, 0.2) is 0 Å². The van der Waals surface area contributed by atoms with Crippen LogP contribution in [0.3, 0.4) is 0 Å². The van der Waals surface area contributed by atoms with Crippen LogP contribution in [-0.4, -0.2) is 60.1 Å². The van der Waals surface area contributed by atoms with Crippen molar-refractivity contribution in [3.8, 4) is 0 Å². The molecule has 0 radical (unpaired) electrons. The van der Waals surface area contributed by atoms with E-state index in [4.69, 9.17) is 5.11 Å². The molecule has 2 heterocycles. The molecule has 4 heteroatoms. The van der Waals surface area contributed by atoms with Gasteiger partial charge in [-0.2, -0.15) is 0 Å². The molecule has 4 nitrogen and oxygen atoms in total. The fourth-order valence-electron chi connectivity index (χ4n) is 2.60. The minimum Gasteiger partial charge on any atom is -0.481 e. The first kappa shape index (κ1) is 10.9. The number of nitrogens with zero attached hydrogens (tertiary/aromatic N) is 2. The topological polar surface area (TPSA) is 43.8 Å². The Morgan fingerprint density at radius 3 is 2.33 bits per heavy atom. The highest BCUT2D eigenvalue weighted by Crippen LogP contribution is 2.34. The summed E-state index contributed by atoms with van der Waals surface area (Å²) >= 11 is 0. The van der Waals surface area contributed by atoms with Gasteiger partial charge < -0.3 is 10.0 Å². The highest BCUT2D eigenvalue weighted by atomic mass is 16.4. The molecular formula is C11H20N2O2. The number of aliphatic carboxylic acids is 1. The summed E-state index contributed by atoms with van der Waals surface area (Å²) in [4.78, 5) is 15.6. The van der Waals surface area contributed by atoms with E-state index in [9.17, 15) is 4.79 Å². The molecule has 2 rings (SSSR count). The fraction of sp³-hybridized carbons (Fsp3) is 0.909. The largest absolute Gasteiger partial charge is 0.481 e. The number of piperidine rings is 1. The molecule has 0 aliphatic carbocycles. The standard InChI is InChI=1S/C11H20N2O2/c1-11(10(14)15)7-13(8-11)9-3-5-12(2)6-4-9/h9H,3-8H2,1-2H3,(H,14,15). The Kier molecular flexibility index (Phi) is 2.73. The minimum atomic E-state index is -0.647. The average Bonchev–Trinajstić information content (AvgIpc) is 2.14. The fourth-order valence-corrected chi connectivity index (χ4v) is 2.60. The summed E-state index contributed by atoms with van der Waals surface area (Å²) in [7, 11) is 2.15. The van der Waals surface area contributed by atoms with Crippen LogP contribution < -0.4 is 0 Å². The van der Waals surface area contributed by atoms with Gasteiger partial charge in [-0.3, -0.25) is 9.69 Å². The molecule has 15 heavy (non-hydrogen) atoms. The van der Waals surface area contributed by atoms with E-state index in [0.717, 1.165) is 26.2 Å². The summed E-state index contributed by atoms with van der Waals surface area (Å²) in [6.45, 7) is 5.60. The summed E-state index contributed by atoms with van der Waals surface area (Å²) in [5.41, 5.74) is -0.483. The lowest BCUT2D eigenvalue weighted by Crippen LogP contribution is -2.63. The zero-order valence-corrected chi connectivity index (χ0v) is 9.57. The number of hydrogen-bond donors (Lipinski definition) is 1. The summed E-state index contributed by atoms with van der Waals surface area (Å²) in [5.74, 6) is -0.647. The maximum atomic E-state index is 10.9. The predicted octanol–water partition coefficient (Wildman–Crippen LogP) is 0.487. The second kappa shape index (κ2) is 3.76. The molecule has 2 aliphatic heterocycles. The molecule has 0 aromatic carbocycles. The molecule has 2 fully saturated rings. The SMILES string of the molecule is CN1CCC(N2CC(C)(C(=O)O)C2)CC1. The molecule has 0 aromatic heterocycles. The molecule has 0 unspecified atom stereocenters. The number of carboxylic acid groups (broad SMARTS) is 1. The van der Waals surface area contributed by atoms with Crippen LogP contribution in [0.4, 0.5) is 0 Å². The van der Waals surface area contributed by atoms with E-state index in [1.54, 1.807) is 0 Å². The molecule has 0 aromatic rings. The highest BCUT2D eigenvalue weighted by molar-refractivity contribution is 5.76. The van der Waals surface area contributed by atoms with Gasteiger partial charge >= 0.3 is 5.97 Å². The van der Waals surface area contributed by atoms with Gasteiger partial charge in [0.1, 0.15) is 0 Å². The quantitative estimate of drug-likeness (QED) is 0.723. The zero-order chi connectivity index (χ0) is 11.1. The van der Waals surface area contributed by atoms with E-state index in [-0.39, 0.29) is 0 Å². The lowest BCUT2D eigenvalue weighted by atomic mass is 9.80. The average molecular weight is 212 g/mol. The van der Waals surface area contributed by atoms with Crippen LogP contribution in [0, 0.1) is 5.41 Å². The van der Waals surface area contributed by atoms with Gasteiger partial charge in [-0.1, -0.05) is 0 Å². The molecule has 1 N–H and O–H groups in total. The zero-order valence-electron chi connectivity index (χ0n) is 9.57. The third-order valence-corrected chi connectivity index (χ3v) is 3.82. The van der Waals surface area contributed by atoms with Crippen molar-refractivity contribution in [3.63, 3.8) is 0 Å². The number of hydrogen-bond acceptors (Lipinski definition) is 3. The van der Waals surface area contributed by atoms with E-state index in [1.807, 2.05) is 6.92 Å². The van der Waals surface area contributed by atoms with Crippen molar-refractivity contribution in [1.29, 1.82) is 0 Å². The summed E-state index contributed by atoms with van der Waals surface area (Å²) in [5, 5.41) is 9.02. The highest BCUT2D eigenvalue weighted by Gasteiger charge is 2.47. The van der Waals surface area contributed by atoms with Crippen LogP contribution in [0.15, 0.2) is 0 Å². The Labute approximate surface area is 90.9 Å². The Balaban J connectivity index is 1.82. The van der Waals surface area contributed by atoms with Crippen LogP contribution in [0.25, 0.3) is 0 Å². The molecule has 0 saturated carbocycles. The summed E-state index contributed by atoms with van der Waals surface area (Å²) < 4.78 is 0. The van der Waals surface area contributed by atoms with Crippen molar-refractivity contribution in [2.75, 3.05) is 33.2 Å². The summed E-state index contributed by atoms with van der Waals surface area (Å²) in [6.07, 6.45) is 2.37. The van der Waals surface area contributed by atoms with Gasteiger partial charge in [-0.25, -0.2) is 0 Å². The van der Waals surface area contributed by atoms with E-state index in [0.29, 0.717) is 6.04 Å². The van der Waals surface area contributed by atoms with Gasteiger partial charge in [0, 0.05) is 19.1 Å². The molecule has 2 aliphatic rings. The molecule has 0 bridgehead atoms. The first-order valence-electron chi connectivity index (χ1n) is 5.67. The van der Waals surface area contributed by atoms with Crippen molar-refractivity contribution in [1.82, 2.24) is 9.80 Å². The van der Waals surface area contributed by atoms with Crippen molar-refractivity contribution in [2.24, 2.45) is 5.41 Å². The normalized spacial score (nSPS) is 28.7. The molecule has 0 amide bonds. The van der Waals surface area contributed by atoms with Crippen LogP contribution >= 0.6 is 0 Å². The molecule has 2 saturated heterocycles. The van der Waals surface area contributed by atoms with E-state index in [2.05, 4.69) is 16.8 Å². The van der Waals surface area contributed by atoms with Gasteiger partial charge in [-0.05, 0) is 39.9 Å². The molecule has 0 spiro atoms. The van der Waals surface area contributed by atoms with Crippen molar-refractivity contribution >= 4 is 5.97 Å². The second-order valence-electron chi connectivity index (χ2n) is 5.31. The van der Waals surface area contributed by atoms with Crippen LogP contribution in [0.5, 0.6) is 0 Å². The van der Waals surface area contributed by atoms with Crippen LogP contribution in [-0.2, 0) is 4.79 Å². The number of carboxylic acids is 1. The third kappa shape index (κ3) is 2.01. The van der Waals surface area contributed by atoms with Crippen LogP contribution in [0.2, 0.25) is 0 Å². The minimum absolute atomic E-state index is 0.483. The van der Waals surface area contributed by atoms with Gasteiger partial charge in [0.2, 0.25) is 0 Å². The van der Waals surface area contributed by atoms with Gasteiger partial charge in [0.25, 0.3) is 0 Å². The molecular weight excluding hydrogens is 192 g/mol. The van der Waals surface area contributed by atoms with Gasteiger partial charge in [0.05, 0.1) is 5.41 Å². The maximum absolute atomic E-state index is 10.9. The molecule has 0 atom stereocenters. The first-order valence-corrected chi connectivity index (χ1v) is 5.67. The number of rotatable bonds is 2. The Morgan fingerprint density at radius 2 is 1.87 bits per heavy atom. The molecule has 86 valence electrons. The Bertz CT molecular complexity index is 253. The number of likely N-dealkylation sites (tertiary alicyclic amines) is 2.